The molecule has 0 saturated carbocycles. The van der Waals surface area contributed by atoms with Crippen LogP contribution in [0.4, 0.5) is 0 Å². The molecule has 0 bridgehead atoms. The van der Waals surface area contributed by atoms with Gasteiger partial charge in [-0.25, -0.2) is 0 Å². The molecule has 1 N–H and O–H groups in total. The second kappa shape index (κ2) is 11.4. The average molecular weight is 547 g/mol. The topological polar surface area (TPSA) is 91.3 Å². The number of thioether (sulfide) groups is 2. The quantitative estimate of drug-likeness (QED) is 0.433. The lowest BCUT2D eigenvalue weighted by Gasteiger charge is -2.51. The van der Waals surface area contributed by atoms with E-state index in [2.05, 4.69) is 13.8 Å². The van der Waals surface area contributed by atoms with E-state index in [4.69, 9.17) is 18.9 Å². The van der Waals surface area contributed by atoms with Crippen LogP contribution in [0.15, 0.2) is 0 Å². The van der Waals surface area contributed by atoms with Gasteiger partial charge in [0, 0.05) is 35.2 Å². The van der Waals surface area contributed by atoms with Crippen molar-refractivity contribution in [3.05, 3.63) is 0 Å². The largest absolute Gasteiger partial charge is 0.435 e. The Hall–Kier alpha value is -0.320. The van der Waals surface area contributed by atoms with Crippen LogP contribution in [0.5, 0.6) is 0 Å². The first-order valence-electron chi connectivity index (χ1n) is 13.4. The highest BCUT2D eigenvalue weighted by molar-refractivity contribution is 8.21. The lowest BCUT2D eigenvalue weighted by Crippen LogP contribution is -2.62. The number of ether oxygens (including phenoxy) is 4. The van der Waals surface area contributed by atoms with E-state index in [1.807, 2.05) is 51.2 Å². The maximum atomic E-state index is 13.8. The molecule has 0 aromatic carbocycles. The summed E-state index contributed by atoms with van der Waals surface area (Å²) in [5, 5.41) is 11.3. The Bertz CT molecular complexity index is 785. The van der Waals surface area contributed by atoms with Gasteiger partial charge >= 0.3 is 5.97 Å². The second-order valence-electron chi connectivity index (χ2n) is 11.7. The summed E-state index contributed by atoms with van der Waals surface area (Å²) in [6.07, 6.45) is -1.32. The lowest BCUT2D eigenvalue weighted by molar-refractivity contribution is -0.348. The maximum Gasteiger partial charge on any atom is 0.313 e. The van der Waals surface area contributed by atoms with Crippen molar-refractivity contribution >= 4 is 35.3 Å². The van der Waals surface area contributed by atoms with Crippen LogP contribution in [0.25, 0.3) is 0 Å². The second-order valence-corrected chi connectivity index (χ2v) is 14.9. The molecule has 7 nitrogen and oxygen atoms in total. The summed E-state index contributed by atoms with van der Waals surface area (Å²) in [6.45, 7) is 18.0. The van der Waals surface area contributed by atoms with Gasteiger partial charge in [0.1, 0.15) is 5.78 Å². The van der Waals surface area contributed by atoms with E-state index in [0.717, 1.165) is 17.9 Å². The first kappa shape index (κ1) is 30.2. The number of Topliss-reactive ketones (excluding diaryl/α,β-unsaturated/α-hetero) is 1. The third kappa shape index (κ3) is 5.53. The van der Waals surface area contributed by atoms with Crippen LogP contribution in [0.1, 0.15) is 68.7 Å². The number of ketones is 1. The molecule has 3 saturated heterocycles. The minimum atomic E-state index is -1.00. The first-order chi connectivity index (χ1) is 16.7. The van der Waals surface area contributed by atoms with Crippen molar-refractivity contribution in [3.63, 3.8) is 0 Å². The molecule has 3 rings (SSSR count). The zero-order valence-corrected chi connectivity index (χ0v) is 25.0. The third-order valence-corrected chi connectivity index (χ3v) is 12.5. The predicted molar refractivity (Wildman–Crippen MR) is 144 cm³/mol. The summed E-state index contributed by atoms with van der Waals surface area (Å²) in [7, 11) is 0. The predicted octanol–water partition coefficient (Wildman–Crippen LogP) is 4.74. The Morgan fingerprint density at radius 3 is 2.11 bits per heavy atom. The summed E-state index contributed by atoms with van der Waals surface area (Å²) < 4.78 is 24.4. The zero-order chi connectivity index (χ0) is 27.1. The van der Waals surface area contributed by atoms with Gasteiger partial charge in [-0.05, 0) is 27.2 Å². The summed E-state index contributed by atoms with van der Waals surface area (Å²) in [5.74, 6) is -1.11. The normalized spacial score (nSPS) is 33.2. The van der Waals surface area contributed by atoms with E-state index in [1.54, 1.807) is 20.8 Å². The summed E-state index contributed by atoms with van der Waals surface area (Å²) in [6, 6.07) is 0. The van der Waals surface area contributed by atoms with Gasteiger partial charge in [-0.2, -0.15) is 0 Å². The van der Waals surface area contributed by atoms with Crippen molar-refractivity contribution in [1.82, 2.24) is 0 Å². The molecule has 3 heterocycles. The number of carbonyl (C=O) groups excluding carboxylic acids is 2. The molecule has 0 aromatic rings. The minimum absolute atomic E-state index is 0.0378. The van der Waals surface area contributed by atoms with E-state index in [-0.39, 0.29) is 33.6 Å². The Morgan fingerprint density at radius 1 is 1.06 bits per heavy atom. The molecule has 36 heavy (non-hydrogen) atoms. The molecule has 0 radical (unpaired) electrons. The van der Waals surface area contributed by atoms with E-state index in [0.29, 0.717) is 13.2 Å². The highest BCUT2D eigenvalue weighted by Crippen LogP contribution is 2.53. The fourth-order valence-corrected chi connectivity index (χ4v) is 9.26. The van der Waals surface area contributed by atoms with Crippen LogP contribution >= 0.6 is 23.5 Å². The number of aliphatic hydroxyl groups is 1. The van der Waals surface area contributed by atoms with Gasteiger partial charge in [-0.1, -0.05) is 41.5 Å². The van der Waals surface area contributed by atoms with Crippen LogP contribution < -0.4 is 0 Å². The molecule has 0 aromatic heterocycles. The fraction of sp³-hybridized carbons (Fsp3) is 0.926. The molecule has 208 valence electrons. The highest BCUT2D eigenvalue weighted by atomic mass is 32.2. The van der Waals surface area contributed by atoms with Crippen LogP contribution in [0, 0.1) is 35.0 Å². The number of esters is 1. The molecule has 4 unspecified atom stereocenters. The van der Waals surface area contributed by atoms with Crippen molar-refractivity contribution in [2.75, 3.05) is 24.7 Å². The van der Waals surface area contributed by atoms with E-state index < -0.39 is 41.5 Å². The summed E-state index contributed by atoms with van der Waals surface area (Å²) >= 11 is 3.80. The Balaban J connectivity index is 1.81. The molecule has 9 heteroatoms. The van der Waals surface area contributed by atoms with Gasteiger partial charge in [-0.15, -0.1) is 23.5 Å². The van der Waals surface area contributed by atoms with E-state index in [9.17, 15) is 14.7 Å². The van der Waals surface area contributed by atoms with Gasteiger partial charge in [0.25, 0.3) is 0 Å². The number of hydrogen-bond acceptors (Lipinski definition) is 9. The Morgan fingerprint density at radius 2 is 1.61 bits per heavy atom. The minimum Gasteiger partial charge on any atom is -0.435 e. The van der Waals surface area contributed by atoms with Gasteiger partial charge < -0.3 is 24.1 Å². The van der Waals surface area contributed by atoms with Gasteiger partial charge in [0.15, 0.2) is 5.79 Å². The lowest BCUT2D eigenvalue weighted by atomic mass is 9.74. The van der Waals surface area contributed by atoms with Crippen LogP contribution in [-0.2, 0) is 28.5 Å². The van der Waals surface area contributed by atoms with Crippen LogP contribution in [0.3, 0.4) is 0 Å². The van der Waals surface area contributed by atoms with Crippen molar-refractivity contribution in [3.8, 4) is 0 Å². The van der Waals surface area contributed by atoms with Gasteiger partial charge in [0.05, 0.1) is 40.8 Å². The van der Waals surface area contributed by atoms with Crippen molar-refractivity contribution < 1.29 is 33.6 Å². The molecule has 3 aliphatic rings. The number of rotatable bonds is 8. The van der Waals surface area contributed by atoms with Crippen LogP contribution in [-0.4, -0.2) is 69.9 Å². The maximum absolute atomic E-state index is 13.8. The molecule has 3 fully saturated rings. The smallest absolute Gasteiger partial charge is 0.313 e. The van der Waals surface area contributed by atoms with E-state index in [1.165, 1.54) is 0 Å². The van der Waals surface area contributed by atoms with Crippen molar-refractivity contribution in [2.24, 2.45) is 35.0 Å². The summed E-state index contributed by atoms with van der Waals surface area (Å²) in [5.41, 5.74) is -0.701. The monoisotopic (exact) mass is 546 g/mol. The highest BCUT2D eigenvalue weighted by Gasteiger charge is 2.60. The molecule has 3 aliphatic heterocycles. The molecular weight excluding hydrogens is 500 g/mol. The number of aliphatic hydroxyl groups excluding tert-OH is 1. The Kier molecular flexibility index (Phi) is 9.59. The van der Waals surface area contributed by atoms with Gasteiger partial charge in [0.2, 0.25) is 6.29 Å². The van der Waals surface area contributed by atoms with Crippen molar-refractivity contribution in [2.45, 2.75) is 97.1 Å². The number of carbonyl (C=O) groups is 2. The molecule has 8 atom stereocenters. The van der Waals surface area contributed by atoms with Crippen molar-refractivity contribution in [1.29, 1.82) is 0 Å². The molecule has 0 amide bonds. The third-order valence-electron chi connectivity index (χ3n) is 8.41. The SMILES string of the molecule is CCC1(C(C)C(O)C(C)C(=O)[C@@H](C)[C@H]2OC(OC(=O)C(C)(C)C)[C@@H](C)C3(OCCO3)[C@H]2C)SCCS1. The van der Waals surface area contributed by atoms with E-state index >= 15 is 0 Å². The summed E-state index contributed by atoms with van der Waals surface area (Å²) in [4.78, 5) is 26.5. The fourth-order valence-electron chi connectivity index (χ4n) is 5.85. The van der Waals surface area contributed by atoms with Gasteiger partial charge in [-0.3, -0.25) is 9.59 Å². The molecule has 0 aliphatic carbocycles. The molecular formula is C27H46O7S2. The Labute approximate surface area is 225 Å². The molecule has 1 spiro atoms. The number of hydrogen-bond donors (Lipinski definition) is 1. The average Bonchev–Trinajstić information content (AvgIpc) is 3.53. The standard InChI is InChI=1S/C27H46O7S2/c1-10-26(35-13-14-36-26)17(4)21(29)15(2)20(28)16(3)22-18(5)27(31-11-12-32-27)19(6)23(33-22)34-24(30)25(7,8)9/h15-19,21-23,29H,10-14H2,1-9H3/t15?,16-,17?,18+,19-,21?,22-,23?/m1/s1. The van der Waals surface area contributed by atoms with Crippen LogP contribution in [0.2, 0.25) is 0 Å². The zero-order valence-electron chi connectivity index (χ0n) is 23.4. The first-order valence-corrected chi connectivity index (χ1v) is 15.3.